The lowest BCUT2D eigenvalue weighted by atomic mass is 9.95. The van der Waals surface area contributed by atoms with Gasteiger partial charge in [0.25, 0.3) is 0 Å². The molecule has 1 fully saturated rings. The molecule has 0 bridgehead atoms. The van der Waals surface area contributed by atoms with Gasteiger partial charge in [-0.1, -0.05) is 22.6 Å². The Labute approximate surface area is 131 Å². The molecule has 1 amide bonds. The van der Waals surface area contributed by atoms with E-state index in [0.717, 1.165) is 0 Å². The van der Waals surface area contributed by atoms with Crippen molar-refractivity contribution in [2.75, 3.05) is 4.43 Å². The summed E-state index contributed by atoms with van der Waals surface area (Å²) in [6.07, 6.45) is -1.11. The van der Waals surface area contributed by atoms with Gasteiger partial charge >= 0.3 is 6.09 Å². The summed E-state index contributed by atoms with van der Waals surface area (Å²) in [6, 6.07) is -0.893. The van der Waals surface area contributed by atoms with Gasteiger partial charge in [0.05, 0.1) is 10.5 Å². The molecule has 1 rings (SSSR count). The molecule has 1 N–H and O–H groups in total. The molecule has 1 saturated carbocycles. The number of alkyl halides is 3. The molecule has 0 spiro atoms. The number of ketones is 1. The van der Waals surface area contributed by atoms with Crippen molar-refractivity contribution in [3.63, 3.8) is 0 Å². The number of rotatable bonds is 4. The van der Waals surface area contributed by atoms with Crippen molar-refractivity contribution < 1.29 is 23.1 Å². The van der Waals surface area contributed by atoms with E-state index < -0.39 is 29.6 Å². The monoisotopic (exact) mass is 403 g/mol. The molecule has 0 aromatic heterocycles. The first kappa shape index (κ1) is 17.6. The summed E-state index contributed by atoms with van der Waals surface area (Å²) in [5.41, 5.74) is -0.693. The van der Waals surface area contributed by atoms with E-state index in [1.165, 1.54) is 0 Å². The Balaban J connectivity index is 2.71. The van der Waals surface area contributed by atoms with Crippen LogP contribution in [0.3, 0.4) is 0 Å². The smallest absolute Gasteiger partial charge is 0.408 e. The van der Waals surface area contributed by atoms with Gasteiger partial charge in [0.15, 0.2) is 5.78 Å². The van der Waals surface area contributed by atoms with Crippen LogP contribution in [0.4, 0.5) is 13.6 Å². The number of hydrogen-bond acceptors (Lipinski definition) is 3. The van der Waals surface area contributed by atoms with Crippen LogP contribution in [-0.4, -0.2) is 33.9 Å². The molecule has 20 heavy (non-hydrogen) atoms. The molecule has 0 aromatic carbocycles. The Kier molecular flexibility index (Phi) is 5.74. The maximum atomic E-state index is 13.3. The molecule has 1 aliphatic rings. The van der Waals surface area contributed by atoms with Gasteiger partial charge in [-0.2, -0.15) is 0 Å². The van der Waals surface area contributed by atoms with E-state index in [1.54, 1.807) is 20.8 Å². The number of amides is 1. The van der Waals surface area contributed by atoms with Crippen LogP contribution in [0.2, 0.25) is 0 Å². The van der Waals surface area contributed by atoms with E-state index in [0.29, 0.717) is 0 Å². The Hall–Kier alpha value is -0.470. The number of ether oxygens (including phenoxy) is 1. The Morgan fingerprint density at radius 1 is 1.45 bits per heavy atom. The molecule has 0 aliphatic heterocycles. The standard InChI is InChI=1S/C13H20F2INO3/c1-12(2,3)20-11(19)17-10(9(18)7-16)8-4-5-13(14,15)6-8/h8,10H,4-7H2,1-3H3,(H,17,19)/t8-,10-/m1/s1. The van der Waals surface area contributed by atoms with Gasteiger partial charge in [0, 0.05) is 12.8 Å². The number of nitrogens with one attached hydrogen (secondary N) is 1. The summed E-state index contributed by atoms with van der Waals surface area (Å²) in [5, 5.41) is 2.46. The van der Waals surface area contributed by atoms with Crippen LogP contribution in [0.15, 0.2) is 0 Å². The first-order valence-electron chi connectivity index (χ1n) is 6.50. The van der Waals surface area contributed by atoms with Crippen LogP contribution in [0.25, 0.3) is 0 Å². The first-order chi connectivity index (χ1) is 9.04. The van der Waals surface area contributed by atoms with Gasteiger partial charge in [-0.15, -0.1) is 0 Å². The van der Waals surface area contributed by atoms with Crippen molar-refractivity contribution in [1.29, 1.82) is 0 Å². The van der Waals surface area contributed by atoms with E-state index >= 15 is 0 Å². The predicted octanol–water partition coefficient (Wildman–Crippen LogP) is 3.32. The molecular formula is C13H20F2INO3. The van der Waals surface area contributed by atoms with Gasteiger partial charge < -0.3 is 10.1 Å². The van der Waals surface area contributed by atoms with Crippen molar-refractivity contribution in [1.82, 2.24) is 5.32 Å². The lowest BCUT2D eigenvalue weighted by molar-refractivity contribution is -0.119. The summed E-state index contributed by atoms with van der Waals surface area (Å²) in [4.78, 5) is 23.6. The van der Waals surface area contributed by atoms with Crippen LogP contribution in [-0.2, 0) is 9.53 Å². The second-order valence-electron chi connectivity index (χ2n) is 6.08. The molecule has 0 radical (unpaired) electrons. The maximum absolute atomic E-state index is 13.3. The highest BCUT2D eigenvalue weighted by molar-refractivity contribution is 14.1. The van der Waals surface area contributed by atoms with Gasteiger partial charge in [0.2, 0.25) is 5.92 Å². The minimum Gasteiger partial charge on any atom is -0.444 e. The lowest BCUT2D eigenvalue weighted by Crippen LogP contribution is -2.47. The summed E-state index contributed by atoms with van der Waals surface area (Å²) < 4.78 is 31.8. The van der Waals surface area contributed by atoms with E-state index in [2.05, 4.69) is 5.32 Å². The highest BCUT2D eigenvalue weighted by Gasteiger charge is 2.44. The Morgan fingerprint density at radius 3 is 2.45 bits per heavy atom. The normalized spacial score (nSPS) is 23.2. The minimum atomic E-state index is -2.75. The average molecular weight is 403 g/mol. The number of halogens is 3. The second kappa shape index (κ2) is 6.53. The van der Waals surface area contributed by atoms with E-state index in [9.17, 15) is 18.4 Å². The van der Waals surface area contributed by atoms with Gasteiger partial charge in [-0.05, 0) is 33.1 Å². The van der Waals surface area contributed by atoms with E-state index in [4.69, 9.17) is 4.74 Å². The van der Waals surface area contributed by atoms with Crippen LogP contribution >= 0.6 is 22.6 Å². The SMILES string of the molecule is CC(C)(C)OC(=O)N[C@@H](C(=O)CI)[C@@H]1CCC(F)(F)C1. The fourth-order valence-corrected chi connectivity index (χ4v) is 2.72. The molecular weight excluding hydrogens is 383 g/mol. The number of alkyl carbamates (subject to hydrolysis) is 1. The first-order valence-corrected chi connectivity index (χ1v) is 8.03. The molecule has 0 heterocycles. The zero-order valence-electron chi connectivity index (χ0n) is 11.8. The summed E-state index contributed by atoms with van der Waals surface area (Å²) >= 11 is 1.87. The summed E-state index contributed by atoms with van der Waals surface area (Å²) in [5.74, 6) is -3.52. The van der Waals surface area contributed by atoms with Crippen LogP contribution in [0.1, 0.15) is 40.0 Å². The molecule has 0 unspecified atom stereocenters. The van der Waals surface area contributed by atoms with Crippen molar-refractivity contribution in [2.45, 2.75) is 57.6 Å². The molecule has 116 valence electrons. The van der Waals surface area contributed by atoms with Gasteiger partial charge in [0.1, 0.15) is 5.60 Å². The third kappa shape index (κ3) is 5.49. The Bertz CT molecular complexity index is 382. The molecule has 0 saturated heterocycles. The maximum Gasteiger partial charge on any atom is 0.408 e. The lowest BCUT2D eigenvalue weighted by Gasteiger charge is -2.26. The minimum absolute atomic E-state index is 0.167. The van der Waals surface area contributed by atoms with E-state index in [-0.39, 0.29) is 29.5 Å². The van der Waals surface area contributed by atoms with Crippen molar-refractivity contribution in [3.05, 3.63) is 0 Å². The largest absolute Gasteiger partial charge is 0.444 e. The zero-order valence-corrected chi connectivity index (χ0v) is 14.0. The second-order valence-corrected chi connectivity index (χ2v) is 6.85. The summed E-state index contributed by atoms with van der Waals surface area (Å²) in [7, 11) is 0. The predicted molar refractivity (Wildman–Crippen MR) is 79.3 cm³/mol. The van der Waals surface area contributed by atoms with Crippen molar-refractivity contribution >= 4 is 34.5 Å². The number of carbonyl (C=O) groups is 2. The number of carbonyl (C=O) groups excluding carboxylic acids is 2. The third-order valence-electron chi connectivity index (χ3n) is 3.06. The summed E-state index contributed by atoms with van der Waals surface area (Å²) in [6.45, 7) is 5.10. The molecule has 2 atom stereocenters. The number of Topliss-reactive ketones (excluding diaryl/α,β-unsaturated/α-hetero) is 1. The zero-order chi connectivity index (χ0) is 15.6. The van der Waals surface area contributed by atoms with Crippen LogP contribution in [0, 0.1) is 5.92 Å². The van der Waals surface area contributed by atoms with Crippen molar-refractivity contribution in [2.24, 2.45) is 5.92 Å². The molecule has 1 aliphatic carbocycles. The van der Waals surface area contributed by atoms with Gasteiger partial charge in [-0.3, -0.25) is 4.79 Å². The van der Waals surface area contributed by atoms with E-state index in [1.807, 2.05) is 22.6 Å². The van der Waals surface area contributed by atoms with Crippen LogP contribution < -0.4 is 5.32 Å². The fourth-order valence-electron chi connectivity index (χ4n) is 2.25. The molecule has 4 nitrogen and oxygen atoms in total. The third-order valence-corrected chi connectivity index (χ3v) is 3.82. The highest BCUT2D eigenvalue weighted by atomic mass is 127. The topological polar surface area (TPSA) is 55.4 Å². The van der Waals surface area contributed by atoms with Gasteiger partial charge in [-0.25, -0.2) is 13.6 Å². The quantitative estimate of drug-likeness (QED) is 0.579. The highest BCUT2D eigenvalue weighted by Crippen LogP contribution is 2.40. The van der Waals surface area contributed by atoms with Crippen molar-refractivity contribution in [3.8, 4) is 0 Å². The van der Waals surface area contributed by atoms with Crippen LogP contribution in [0.5, 0.6) is 0 Å². The molecule has 0 aromatic rings. The number of hydrogen-bond donors (Lipinski definition) is 1. The molecule has 7 heteroatoms. The fraction of sp³-hybridized carbons (Fsp3) is 0.846. The average Bonchev–Trinajstić information content (AvgIpc) is 2.63. The Morgan fingerprint density at radius 2 is 2.05 bits per heavy atom.